The van der Waals surface area contributed by atoms with Crippen LogP contribution in [0.5, 0.6) is 5.75 Å². The van der Waals surface area contributed by atoms with Crippen molar-refractivity contribution in [2.45, 2.75) is 6.42 Å². The minimum Gasteiger partial charge on any atom is -0.490 e. The first-order chi connectivity index (χ1) is 8.65. The molecule has 1 N–H and O–H groups in total. The molecule has 0 saturated carbocycles. The smallest absolute Gasteiger partial charge is 0.223 e. The predicted octanol–water partition coefficient (Wildman–Crippen LogP) is 1.79. The van der Waals surface area contributed by atoms with Gasteiger partial charge in [-0.25, -0.2) is 0 Å². The molecule has 1 aromatic rings. The second-order valence-electron chi connectivity index (χ2n) is 3.95. The van der Waals surface area contributed by atoms with E-state index in [2.05, 4.69) is 5.32 Å². The summed E-state index contributed by atoms with van der Waals surface area (Å²) in [4.78, 5) is 13.3. The van der Waals surface area contributed by atoms with Crippen molar-refractivity contribution in [1.82, 2.24) is 10.2 Å². The maximum atomic E-state index is 11.6. The summed E-state index contributed by atoms with van der Waals surface area (Å²) in [5.41, 5.74) is 0. The molecule has 0 bridgehead atoms. The molecule has 100 valence electrons. The Kier molecular flexibility index (Phi) is 6.54. The van der Waals surface area contributed by atoms with Crippen LogP contribution < -0.4 is 10.1 Å². The molecule has 4 nitrogen and oxygen atoms in total. The van der Waals surface area contributed by atoms with Gasteiger partial charge in [0.15, 0.2) is 0 Å². The normalized spacial score (nSPS) is 10.2. The molecule has 0 spiro atoms. The summed E-state index contributed by atoms with van der Waals surface area (Å²) in [7, 11) is 3.60. The molecule has 0 fully saturated rings. The van der Waals surface area contributed by atoms with Gasteiger partial charge in [-0.1, -0.05) is 23.7 Å². The van der Waals surface area contributed by atoms with Gasteiger partial charge in [0.2, 0.25) is 5.91 Å². The summed E-state index contributed by atoms with van der Waals surface area (Å²) < 4.78 is 5.52. The number of hydrogen-bond acceptors (Lipinski definition) is 3. The Morgan fingerprint density at radius 3 is 2.83 bits per heavy atom. The summed E-state index contributed by atoms with van der Waals surface area (Å²) >= 11 is 5.96. The fourth-order valence-corrected chi connectivity index (χ4v) is 1.59. The lowest BCUT2D eigenvalue weighted by Gasteiger charge is -2.17. The Morgan fingerprint density at radius 2 is 2.17 bits per heavy atom. The van der Waals surface area contributed by atoms with Crippen molar-refractivity contribution < 1.29 is 9.53 Å². The lowest BCUT2D eigenvalue weighted by Crippen LogP contribution is -2.32. The number of halogens is 1. The number of carbonyl (C=O) groups excluding carboxylic acids is 1. The van der Waals surface area contributed by atoms with Crippen molar-refractivity contribution in [2.75, 3.05) is 33.8 Å². The third-order valence-corrected chi connectivity index (χ3v) is 2.85. The van der Waals surface area contributed by atoms with E-state index in [0.717, 1.165) is 0 Å². The number of nitrogens with zero attached hydrogens (tertiary/aromatic N) is 1. The second-order valence-corrected chi connectivity index (χ2v) is 4.35. The quantitative estimate of drug-likeness (QED) is 0.821. The van der Waals surface area contributed by atoms with Gasteiger partial charge in [0.05, 0.1) is 11.6 Å². The van der Waals surface area contributed by atoms with Crippen molar-refractivity contribution in [2.24, 2.45) is 0 Å². The molecule has 5 heteroatoms. The van der Waals surface area contributed by atoms with Crippen molar-refractivity contribution in [3.8, 4) is 5.75 Å². The molecule has 1 aromatic carbocycles. The Balaban J connectivity index is 2.29. The zero-order chi connectivity index (χ0) is 13.4. The van der Waals surface area contributed by atoms with Crippen LogP contribution in [0.2, 0.25) is 5.02 Å². The maximum absolute atomic E-state index is 11.6. The monoisotopic (exact) mass is 270 g/mol. The number of para-hydroxylation sites is 1. The Morgan fingerprint density at radius 1 is 1.44 bits per heavy atom. The van der Waals surface area contributed by atoms with Crippen LogP contribution >= 0.6 is 11.6 Å². The summed E-state index contributed by atoms with van der Waals surface area (Å²) in [6.07, 6.45) is 0.499. The molecule has 0 unspecified atom stereocenters. The third kappa shape index (κ3) is 4.94. The number of amides is 1. The average Bonchev–Trinajstić information content (AvgIpc) is 2.38. The summed E-state index contributed by atoms with van der Waals surface area (Å²) in [5, 5.41) is 3.53. The molecular formula is C13H19ClN2O2. The van der Waals surface area contributed by atoms with E-state index in [1.165, 1.54) is 0 Å². The first-order valence-electron chi connectivity index (χ1n) is 5.91. The van der Waals surface area contributed by atoms with Crippen LogP contribution in [0.3, 0.4) is 0 Å². The van der Waals surface area contributed by atoms with E-state index in [4.69, 9.17) is 16.3 Å². The molecule has 1 rings (SSSR count). The number of ether oxygens (including phenoxy) is 1. The minimum absolute atomic E-state index is 0.104. The van der Waals surface area contributed by atoms with Crippen LogP contribution in [0.1, 0.15) is 6.42 Å². The first-order valence-corrected chi connectivity index (χ1v) is 6.29. The molecule has 18 heavy (non-hydrogen) atoms. The molecule has 0 atom stereocenters. The first kappa shape index (κ1) is 14.8. The SMILES string of the molecule is CNCCC(=O)N(C)CCOc1ccccc1Cl. The number of benzene rings is 1. The standard InChI is InChI=1S/C13H19ClN2O2/c1-15-8-7-13(17)16(2)9-10-18-12-6-4-3-5-11(12)14/h3-6,15H,7-10H2,1-2H3. The van der Waals surface area contributed by atoms with Crippen LogP contribution in [0.4, 0.5) is 0 Å². The van der Waals surface area contributed by atoms with Crippen LogP contribution in [0.25, 0.3) is 0 Å². The molecule has 0 heterocycles. The van der Waals surface area contributed by atoms with Crippen molar-refractivity contribution >= 4 is 17.5 Å². The van der Waals surface area contributed by atoms with E-state index in [0.29, 0.717) is 36.9 Å². The molecule has 1 amide bonds. The summed E-state index contributed by atoms with van der Waals surface area (Å²) in [6, 6.07) is 7.30. The van der Waals surface area contributed by atoms with Gasteiger partial charge >= 0.3 is 0 Å². The highest BCUT2D eigenvalue weighted by Crippen LogP contribution is 2.22. The summed E-state index contributed by atoms with van der Waals surface area (Å²) in [6.45, 7) is 1.67. The zero-order valence-corrected chi connectivity index (χ0v) is 11.5. The zero-order valence-electron chi connectivity index (χ0n) is 10.8. The second kappa shape index (κ2) is 7.95. The van der Waals surface area contributed by atoms with Gasteiger partial charge < -0.3 is 15.0 Å². The molecule has 0 aromatic heterocycles. The van der Waals surface area contributed by atoms with Crippen molar-refractivity contribution in [1.29, 1.82) is 0 Å². The van der Waals surface area contributed by atoms with Crippen LogP contribution in [-0.2, 0) is 4.79 Å². The van der Waals surface area contributed by atoms with E-state index < -0.39 is 0 Å². The number of hydrogen-bond donors (Lipinski definition) is 1. The van der Waals surface area contributed by atoms with E-state index >= 15 is 0 Å². The van der Waals surface area contributed by atoms with E-state index in [1.54, 1.807) is 18.0 Å². The third-order valence-electron chi connectivity index (χ3n) is 2.54. The highest BCUT2D eigenvalue weighted by Gasteiger charge is 2.08. The number of nitrogens with one attached hydrogen (secondary N) is 1. The van der Waals surface area contributed by atoms with Gasteiger partial charge in [-0.05, 0) is 19.2 Å². The van der Waals surface area contributed by atoms with E-state index in [1.807, 2.05) is 25.2 Å². The van der Waals surface area contributed by atoms with E-state index in [-0.39, 0.29) is 5.91 Å². The Labute approximate surface area is 113 Å². The lowest BCUT2D eigenvalue weighted by atomic mass is 10.3. The highest BCUT2D eigenvalue weighted by molar-refractivity contribution is 6.32. The van der Waals surface area contributed by atoms with Crippen LogP contribution in [-0.4, -0.2) is 44.6 Å². The molecule has 0 aliphatic heterocycles. The van der Waals surface area contributed by atoms with Crippen molar-refractivity contribution in [3.63, 3.8) is 0 Å². The molecule has 0 aliphatic rings. The lowest BCUT2D eigenvalue weighted by molar-refractivity contribution is -0.130. The molecular weight excluding hydrogens is 252 g/mol. The Bertz CT molecular complexity index is 385. The minimum atomic E-state index is 0.104. The van der Waals surface area contributed by atoms with Gasteiger partial charge in [0.25, 0.3) is 0 Å². The number of carbonyl (C=O) groups is 1. The number of rotatable bonds is 7. The van der Waals surface area contributed by atoms with Gasteiger partial charge in [-0.15, -0.1) is 0 Å². The number of likely N-dealkylation sites (N-methyl/N-ethyl adjacent to an activating group) is 1. The van der Waals surface area contributed by atoms with Crippen LogP contribution in [0.15, 0.2) is 24.3 Å². The largest absolute Gasteiger partial charge is 0.490 e. The maximum Gasteiger partial charge on any atom is 0.223 e. The molecule has 0 aliphatic carbocycles. The highest BCUT2D eigenvalue weighted by atomic mass is 35.5. The van der Waals surface area contributed by atoms with Gasteiger partial charge in [-0.2, -0.15) is 0 Å². The Hall–Kier alpha value is -1.26. The molecule has 0 radical (unpaired) electrons. The fourth-order valence-electron chi connectivity index (χ4n) is 1.40. The summed E-state index contributed by atoms with van der Waals surface area (Å²) in [5.74, 6) is 0.752. The van der Waals surface area contributed by atoms with Gasteiger partial charge in [0, 0.05) is 20.0 Å². The molecule has 0 saturated heterocycles. The fraction of sp³-hybridized carbons (Fsp3) is 0.462. The average molecular weight is 271 g/mol. The van der Waals surface area contributed by atoms with E-state index in [9.17, 15) is 4.79 Å². The van der Waals surface area contributed by atoms with Gasteiger partial charge in [-0.3, -0.25) is 4.79 Å². The van der Waals surface area contributed by atoms with Crippen LogP contribution in [0, 0.1) is 0 Å². The van der Waals surface area contributed by atoms with Gasteiger partial charge in [0.1, 0.15) is 12.4 Å². The topological polar surface area (TPSA) is 41.6 Å². The predicted molar refractivity (Wildman–Crippen MR) is 73.1 cm³/mol. The van der Waals surface area contributed by atoms with Crippen molar-refractivity contribution in [3.05, 3.63) is 29.3 Å².